The molecule has 0 amide bonds. The Balaban J connectivity index is 1.35. The maximum Gasteiger partial charge on any atom is 0.216 e. The molecular formula is C28H32ClN3O3S. The van der Waals surface area contributed by atoms with Crippen molar-refractivity contribution in [1.29, 1.82) is 0 Å². The third kappa shape index (κ3) is 3.83. The number of sulfonamides is 1. The summed E-state index contributed by atoms with van der Waals surface area (Å²) in [5, 5.41) is 5.53. The van der Waals surface area contributed by atoms with Crippen LogP contribution in [0.4, 0.5) is 0 Å². The molecule has 36 heavy (non-hydrogen) atoms. The lowest BCUT2D eigenvalue weighted by molar-refractivity contribution is -0.00662. The second kappa shape index (κ2) is 8.98. The molecule has 190 valence electrons. The predicted octanol–water partition coefficient (Wildman–Crippen LogP) is 5.30. The number of aromatic nitrogens is 2. The van der Waals surface area contributed by atoms with Crippen LogP contribution < -0.4 is 0 Å². The number of benzene rings is 2. The molecule has 0 radical (unpaired) electrons. The molecule has 2 heterocycles. The van der Waals surface area contributed by atoms with Gasteiger partial charge in [-0.2, -0.15) is 9.40 Å². The molecule has 1 aromatic heterocycles. The zero-order valence-electron chi connectivity index (χ0n) is 20.8. The Morgan fingerprint density at radius 1 is 1.03 bits per heavy atom. The van der Waals surface area contributed by atoms with E-state index in [1.807, 2.05) is 36.0 Å². The van der Waals surface area contributed by atoms with Crippen LogP contribution in [-0.4, -0.2) is 47.6 Å². The number of rotatable bonds is 4. The number of methoxy groups -OCH3 is 1. The highest BCUT2D eigenvalue weighted by atomic mass is 35.5. The Bertz CT molecular complexity index is 1400. The molecule has 8 heteroatoms. The summed E-state index contributed by atoms with van der Waals surface area (Å²) in [7, 11) is 0.248. The molecule has 2 fully saturated rings. The molecule has 6 rings (SSSR count). The van der Waals surface area contributed by atoms with Crippen LogP contribution >= 0.6 is 11.6 Å². The molecule has 1 saturated carbocycles. The van der Waals surface area contributed by atoms with Crippen LogP contribution in [-0.2, 0) is 34.6 Å². The molecule has 1 aliphatic heterocycles. The first-order valence-corrected chi connectivity index (χ1v) is 14.7. The van der Waals surface area contributed by atoms with E-state index in [1.165, 1.54) is 11.1 Å². The summed E-state index contributed by atoms with van der Waals surface area (Å²) in [4.78, 5) is 0. The number of hydrogen-bond acceptors (Lipinski definition) is 4. The third-order valence-corrected chi connectivity index (χ3v) is 10.9. The van der Waals surface area contributed by atoms with Gasteiger partial charge in [-0.1, -0.05) is 35.9 Å². The Morgan fingerprint density at radius 2 is 1.72 bits per heavy atom. The highest BCUT2D eigenvalue weighted by molar-refractivity contribution is 7.89. The van der Waals surface area contributed by atoms with E-state index >= 15 is 0 Å². The van der Waals surface area contributed by atoms with Gasteiger partial charge in [-0.05, 0) is 91.3 Å². The molecule has 1 saturated heterocycles. The number of fused-ring (bicyclic) bond motifs is 1. The molecule has 2 aromatic carbocycles. The molecule has 0 N–H and O–H groups in total. The zero-order chi connectivity index (χ0) is 25.1. The van der Waals surface area contributed by atoms with Gasteiger partial charge in [0.15, 0.2) is 0 Å². The molecule has 2 aliphatic carbocycles. The van der Waals surface area contributed by atoms with Crippen LogP contribution in [0.5, 0.6) is 0 Å². The van der Waals surface area contributed by atoms with Crippen LogP contribution in [0, 0.1) is 11.8 Å². The van der Waals surface area contributed by atoms with Crippen LogP contribution in [0.15, 0.2) is 48.5 Å². The lowest BCUT2D eigenvalue weighted by Crippen LogP contribution is -2.61. The van der Waals surface area contributed by atoms with Gasteiger partial charge in [0.1, 0.15) is 6.73 Å². The SMILES string of the molecule is COCN1[C@@]2(CCCS1(=O)=O)[C@@H]1CC[C@H]2Cc2ccc(-c3cc(-c4ccc(Cl)cc4)n(C)n3)cc2C1. The number of nitrogens with zero attached hydrogens (tertiary/aromatic N) is 3. The maximum absolute atomic E-state index is 13.2. The van der Waals surface area contributed by atoms with Crippen LogP contribution in [0.25, 0.3) is 22.5 Å². The first-order valence-electron chi connectivity index (χ1n) is 12.7. The van der Waals surface area contributed by atoms with E-state index in [2.05, 4.69) is 24.3 Å². The van der Waals surface area contributed by atoms with E-state index in [1.54, 1.807) is 11.4 Å². The van der Waals surface area contributed by atoms with Gasteiger partial charge in [0.25, 0.3) is 0 Å². The summed E-state index contributed by atoms with van der Waals surface area (Å²) in [6.45, 7) is 0.151. The smallest absolute Gasteiger partial charge is 0.216 e. The fourth-order valence-electron chi connectivity index (χ4n) is 7.16. The van der Waals surface area contributed by atoms with E-state index < -0.39 is 10.0 Å². The zero-order valence-corrected chi connectivity index (χ0v) is 22.4. The van der Waals surface area contributed by atoms with Crippen molar-refractivity contribution in [3.63, 3.8) is 0 Å². The lowest BCUT2D eigenvalue weighted by atomic mass is 9.75. The van der Waals surface area contributed by atoms with Crippen molar-refractivity contribution in [2.24, 2.45) is 18.9 Å². The minimum absolute atomic E-state index is 0.151. The quantitative estimate of drug-likeness (QED) is 0.463. The molecule has 2 bridgehead atoms. The fraction of sp³-hybridized carbons (Fsp3) is 0.464. The number of aryl methyl sites for hydroxylation is 1. The van der Waals surface area contributed by atoms with Crippen molar-refractivity contribution in [3.8, 4) is 22.5 Å². The van der Waals surface area contributed by atoms with Crippen molar-refractivity contribution >= 4 is 21.6 Å². The van der Waals surface area contributed by atoms with E-state index in [-0.39, 0.29) is 18.0 Å². The van der Waals surface area contributed by atoms with Crippen LogP contribution in [0.1, 0.15) is 36.8 Å². The highest BCUT2D eigenvalue weighted by Gasteiger charge is 2.59. The Kier molecular flexibility index (Phi) is 6.03. The number of halogens is 1. The van der Waals surface area contributed by atoms with Gasteiger partial charge in [0.05, 0.1) is 17.1 Å². The van der Waals surface area contributed by atoms with Crippen molar-refractivity contribution < 1.29 is 13.2 Å². The third-order valence-electron chi connectivity index (χ3n) is 8.76. The average Bonchev–Trinajstić information content (AvgIpc) is 3.34. The molecular weight excluding hydrogens is 494 g/mol. The molecule has 6 nitrogen and oxygen atoms in total. The summed E-state index contributed by atoms with van der Waals surface area (Å²) in [5.41, 5.74) is 6.50. The minimum Gasteiger partial charge on any atom is -0.368 e. The summed E-state index contributed by atoms with van der Waals surface area (Å²) < 4.78 is 35.5. The van der Waals surface area contributed by atoms with Crippen molar-refractivity contribution in [2.75, 3.05) is 19.6 Å². The second-order valence-corrected chi connectivity index (χ2v) is 13.0. The monoisotopic (exact) mass is 525 g/mol. The standard InChI is InChI=1S/C28H32ClN3O3S/c1-31-27(19-6-10-25(29)11-7-19)17-26(30-31)21-5-4-20-15-23-8-9-24(16-22(20)14-21)28(23)12-3-13-36(33,34)32(28)18-35-2/h4-7,10-11,14,17,23-24H,3,8-9,12-13,15-16,18H2,1-2H3/t23-,24+,28+/m0/s1. The summed E-state index contributed by atoms with van der Waals surface area (Å²) in [6.07, 6.45) is 5.61. The van der Waals surface area contributed by atoms with E-state index in [0.29, 0.717) is 16.9 Å². The molecule has 0 unspecified atom stereocenters. The molecule has 3 aliphatic rings. The number of hydrogen-bond donors (Lipinski definition) is 0. The molecule has 1 spiro atoms. The minimum atomic E-state index is -3.32. The number of ether oxygens (including phenoxy) is 1. The topological polar surface area (TPSA) is 64.4 Å². The van der Waals surface area contributed by atoms with Gasteiger partial charge in [0.2, 0.25) is 10.0 Å². The molecule has 3 aromatic rings. The van der Waals surface area contributed by atoms with Gasteiger partial charge in [0, 0.05) is 30.3 Å². The lowest BCUT2D eigenvalue weighted by Gasteiger charge is -2.49. The largest absolute Gasteiger partial charge is 0.368 e. The summed E-state index contributed by atoms with van der Waals surface area (Å²) in [5.74, 6) is 0.855. The second-order valence-electron chi connectivity index (χ2n) is 10.6. The predicted molar refractivity (Wildman–Crippen MR) is 142 cm³/mol. The van der Waals surface area contributed by atoms with Crippen molar-refractivity contribution in [2.45, 2.75) is 44.1 Å². The Hall–Kier alpha value is -2.19. The van der Waals surface area contributed by atoms with Gasteiger partial charge in [-0.3, -0.25) is 4.68 Å². The van der Waals surface area contributed by atoms with Gasteiger partial charge in [-0.25, -0.2) is 8.42 Å². The Labute approximate surface area is 218 Å². The van der Waals surface area contributed by atoms with E-state index in [4.69, 9.17) is 21.4 Å². The van der Waals surface area contributed by atoms with Crippen LogP contribution in [0.3, 0.4) is 0 Å². The fourth-order valence-corrected chi connectivity index (χ4v) is 9.19. The van der Waals surface area contributed by atoms with Crippen molar-refractivity contribution in [1.82, 2.24) is 14.1 Å². The van der Waals surface area contributed by atoms with Gasteiger partial charge < -0.3 is 4.74 Å². The molecule has 3 atom stereocenters. The first kappa shape index (κ1) is 24.2. The van der Waals surface area contributed by atoms with E-state index in [9.17, 15) is 8.42 Å². The van der Waals surface area contributed by atoms with Gasteiger partial charge >= 0.3 is 0 Å². The summed E-state index contributed by atoms with van der Waals surface area (Å²) >= 11 is 6.08. The summed E-state index contributed by atoms with van der Waals surface area (Å²) in [6, 6.07) is 16.7. The van der Waals surface area contributed by atoms with Crippen LogP contribution in [0.2, 0.25) is 5.02 Å². The normalized spacial score (nSPS) is 27.2. The Morgan fingerprint density at radius 3 is 2.44 bits per heavy atom. The maximum atomic E-state index is 13.2. The van der Waals surface area contributed by atoms with E-state index in [0.717, 1.165) is 61.0 Å². The van der Waals surface area contributed by atoms with Gasteiger partial charge in [-0.15, -0.1) is 0 Å². The average molecular weight is 526 g/mol. The highest BCUT2D eigenvalue weighted by Crippen LogP contribution is 2.55. The van der Waals surface area contributed by atoms with Crippen molar-refractivity contribution in [3.05, 3.63) is 64.7 Å². The first-order chi connectivity index (χ1) is 17.3.